The lowest BCUT2D eigenvalue weighted by Gasteiger charge is -2.11. The van der Waals surface area contributed by atoms with Gasteiger partial charge < -0.3 is 15.8 Å². The van der Waals surface area contributed by atoms with Crippen LogP contribution in [0.15, 0.2) is 41.2 Å². The number of nitrogen functional groups attached to an aromatic ring is 1. The molecule has 1 aliphatic carbocycles. The first-order chi connectivity index (χ1) is 17.4. The van der Waals surface area contributed by atoms with Crippen LogP contribution in [0, 0.1) is 11.6 Å². The third-order valence-corrected chi connectivity index (χ3v) is 6.53. The molecule has 0 atom stereocenters. The van der Waals surface area contributed by atoms with Crippen LogP contribution >= 0.6 is 0 Å². The Labute approximate surface area is 204 Å². The summed E-state index contributed by atoms with van der Waals surface area (Å²) in [5.74, 6) is -1.38. The molecule has 0 radical (unpaired) electrons. The van der Waals surface area contributed by atoms with E-state index in [0.717, 1.165) is 31.7 Å². The fraction of sp³-hybridized carbons (Fsp3) is 0.280. The second kappa shape index (κ2) is 9.40. The number of ether oxygens (including phenoxy) is 1. The van der Waals surface area contributed by atoms with Crippen LogP contribution in [0.25, 0.3) is 16.6 Å². The predicted molar refractivity (Wildman–Crippen MR) is 129 cm³/mol. The Kier molecular flexibility index (Phi) is 6.13. The minimum absolute atomic E-state index is 0.00479. The van der Waals surface area contributed by atoms with Crippen LogP contribution in [0.5, 0.6) is 5.75 Å². The van der Waals surface area contributed by atoms with Crippen LogP contribution in [-0.2, 0) is 6.54 Å². The molecule has 36 heavy (non-hydrogen) atoms. The highest BCUT2D eigenvalue weighted by molar-refractivity contribution is 5.97. The minimum Gasteiger partial charge on any atom is -0.496 e. The van der Waals surface area contributed by atoms with E-state index in [9.17, 15) is 14.0 Å². The number of fused-ring (bicyclic) bond motifs is 1. The quantitative estimate of drug-likeness (QED) is 0.376. The van der Waals surface area contributed by atoms with Crippen molar-refractivity contribution < 1.29 is 18.3 Å². The van der Waals surface area contributed by atoms with Crippen LogP contribution < -0.4 is 21.3 Å². The number of nitrogens with zero attached hydrogens (tertiary/aromatic N) is 3. The summed E-state index contributed by atoms with van der Waals surface area (Å²) in [6.07, 6.45) is 3.93. The standard InChI is InChI=1S/C25H24F2N6O3/c1-36-19-9-7-15(26)10-17(19)24(34)29-12-14-6-8-16(11-18(14)27)33-22-20(25(35)31-30-23(22)28)21(32-33)13-4-2-3-5-13/h6-11,13H,2-5,12H2,1H3,(H2,28,30)(H,29,34)(H,31,35). The lowest BCUT2D eigenvalue weighted by Crippen LogP contribution is -2.24. The van der Waals surface area contributed by atoms with Crippen LogP contribution in [0.4, 0.5) is 14.6 Å². The minimum atomic E-state index is -0.604. The summed E-state index contributed by atoms with van der Waals surface area (Å²) >= 11 is 0. The van der Waals surface area contributed by atoms with E-state index in [1.807, 2.05) is 0 Å². The van der Waals surface area contributed by atoms with Gasteiger partial charge in [-0.2, -0.15) is 10.2 Å². The summed E-state index contributed by atoms with van der Waals surface area (Å²) in [5.41, 5.74) is 7.25. The number of aromatic amines is 1. The average Bonchev–Trinajstić information content (AvgIpc) is 3.54. The molecule has 0 aliphatic heterocycles. The first-order valence-electron chi connectivity index (χ1n) is 11.5. The summed E-state index contributed by atoms with van der Waals surface area (Å²) in [5, 5.41) is 13.9. The van der Waals surface area contributed by atoms with Gasteiger partial charge >= 0.3 is 0 Å². The number of methoxy groups -OCH3 is 1. The number of hydrogen-bond acceptors (Lipinski definition) is 6. The summed E-state index contributed by atoms with van der Waals surface area (Å²) in [6.45, 7) is -0.138. The Balaban J connectivity index is 1.45. The molecule has 186 valence electrons. The number of anilines is 1. The molecular weight excluding hydrogens is 470 g/mol. The number of carbonyl (C=O) groups excluding carboxylic acids is 1. The third kappa shape index (κ3) is 4.16. The Hall–Kier alpha value is -4.28. The molecule has 11 heteroatoms. The molecule has 2 heterocycles. The predicted octanol–water partition coefficient (Wildman–Crippen LogP) is 3.57. The maximum Gasteiger partial charge on any atom is 0.275 e. The molecule has 5 rings (SSSR count). The lowest BCUT2D eigenvalue weighted by atomic mass is 10.0. The molecule has 9 nitrogen and oxygen atoms in total. The Morgan fingerprint density at radius 1 is 1.22 bits per heavy atom. The first kappa shape index (κ1) is 23.5. The van der Waals surface area contributed by atoms with Crippen LogP contribution in [0.1, 0.15) is 53.2 Å². The topological polar surface area (TPSA) is 128 Å². The molecule has 1 saturated carbocycles. The highest BCUT2D eigenvalue weighted by atomic mass is 19.1. The number of benzene rings is 2. The summed E-state index contributed by atoms with van der Waals surface area (Å²) < 4.78 is 35.2. The Bertz CT molecular complexity index is 1520. The highest BCUT2D eigenvalue weighted by Crippen LogP contribution is 2.37. The first-order valence-corrected chi connectivity index (χ1v) is 11.5. The van der Waals surface area contributed by atoms with Gasteiger partial charge in [0.2, 0.25) is 0 Å². The van der Waals surface area contributed by atoms with Gasteiger partial charge in [0.05, 0.1) is 29.4 Å². The van der Waals surface area contributed by atoms with Gasteiger partial charge in [-0.1, -0.05) is 18.9 Å². The monoisotopic (exact) mass is 494 g/mol. The number of carbonyl (C=O) groups is 1. The van der Waals surface area contributed by atoms with Crippen molar-refractivity contribution in [2.75, 3.05) is 12.8 Å². The summed E-state index contributed by atoms with van der Waals surface area (Å²) in [7, 11) is 1.37. The van der Waals surface area contributed by atoms with Gasteiger partial charge in [-0.25, -0.2) is 18.6 Å². The second-order valence-corrected chi connectivity index (χ2v) is 8.74. The molecule has 4 N–H and O–H groups in total. The molecule has 0 saturated heterocycles. The molecule has 4 aromatic rings. The van der Waals surface area contributed by atoms with E-state index < -0.39 is 17.5 Å². The number of aromatic nitrogens is 4. The number of rotatable bonds is 6. The molecule has 0 bridgehead atoms. The third-order valence-electron chi connectivity index (χ3n) is 6.53. The van der Waals surface area contributed by atoms with Crippen molar-refractivity contribution in [2.24, 2.45) is 0 Å². The highest BCUT2D eigenvalue weighted by Gasteiger charge is 2.27. The van der Waals surface area contributed by atoms with Gasteiger partial charge in [0.25, 0.3) is 11.5 Å². The molecule has 1 aliphatic rings. The van der Waals surface area contributed by atoms with Crippen molar-refractivity contribution in [1.29, 1.82) is 0 Å². The van der Waals surface area contributed by atoms with E-state index in [-0.39, 0.29) is 40.7 Å². The number of halogens is 2. The number of nitrogens with two attached hydrogens (primary N) is 1. The van der Waals surface area contributed by atoms with E-state index >= 15 is 4.39 Å². The fourth-order valence-electron chi connectivity index (χ4n) is 4.73. The van der Waals surface area contributed by atoms with E-state index in [1.54, 1.807) is 6.07 Å². The number of nitrogens with one attached hydrogen (secondary N) is 2. The number of amides is 1. The molecule has 0 unspecified atom stereocenters. The zero-order valence-electron chi connectivity index (χ0n) is 19.5. The zero-order valence-corrected chi connectivity index (χ0v) is 19.5. The van der Waals surface area contributed by atoms with Crippen LogP contribution in [-0.4, -0.2) is 33.0 Å². The van der Waals surface area contributed by atoms with Crippen molar-refractivity contribution in [1.82, 2.24) is 25.3 Å². The van der Waals surface area contributed by atoms with Crippen LogP contribution in [0.2, 0.25) is 0 Å². The van der Waals surface area contributed by atoms with Gasteiger partial charge in [0.1, 0.15) is 22.9 Å². The molecule has 1 amide bonds. The van der Waals surface area contributed by atoms with Crippen molar-refractivity contribution in [3.8, 4) is 11.4 Å². The average molecular weight is 495 g/mol. The summed E-state index contributed by atoms with van der Waals surface area (Å²) in [6, 6.07) is 7.97. The van der Waals surface area contributed by atoms with Crippen molar-refractivity contribution in [3.63, 3.8) is 0 Å². The SMILES string of the molecule is COc1ccc(F)cc1C(=O)NCc1ccc(-n2nc(C3CCCC3)c3c(=O)[nH]nc(N)c32)cc1F. The largest absolute Gasteiger partial charge is 0.496 e. The molecule has 0 spiro atoms. The molecule has 2 aromatic carbocycles. The maximum atomic E-state index is 15.1. The van der Waals surface area contributed by atoms with Gasteiger partial charge in [-0.05, 0) is 43.2 Å². The number of hydrogen-bond donors (Lipinski definition) is 3. The van der Waals surface area contributed by atoms with E-state index in [0.29, 0.717) is 22.3 Å². The second-order valence-electron chi connectivity index (χ2n) is 8.74. The van der Waals surface area contributed by atoms with Crippen molar-refractivity contribution in [3.05, 3.63) is 75.2 Å². The normalized spacial score (nSPS) is 13.9. The van der Waals surface area contributed by atoms with Crippen LogP contribution in [0.3, 0.4) is 0 Å². The van der Waals surface area contributed by atoms with Gasteiger partial charge in [-0.3, -0.25) is 9.59 Å². The van der Waals surface area contributed by atoms with Gasteiger partial charge in [0.15, 0.2) is 5.82 Å². The zero-order chi connectivity index (χ0) is 25.4. The molecular formula is C25H24F2N6O3. The lowest BCUT2D eigenvalue weighted by molar-refractivity contribution is 0.0947. The van der Waals surface area contributed by atoms with E-state index in [2.05, 4.69) is 20.6 Å². The van der Waals surface area contributed by atoms with E-state index in [4.69, 9.17) is 10.5 Å². The van der Waals surface area contributed by atoms with Gasteiger partial charge in [0, 0.05) is 18.0 Å². The van der Waals surface area contributed by atoms with Crippen molar-refractivity contribution >= 4 is 22.6 Å². The smallest absolute Gasteiger partial charge is 0.275 e. The van der Waals surface area contributed by atoms with Gasteiger partial charge in [-0.15, -0.1) is 0 Å². The Morgan fingerprint density at radius 2 is 2.00 bits per heavy atom. The Morgan fingerprint density at radius 3 is 2.72 bits per heavy atom. The maximum absolute atomic E-state index is 15.1. The number of H-pyrrole nitrogens is 1. The molecule has 2 aromatic heterocycles. The van der Waals surface area contributed by atoms with Crippen molar-refractivity contribution in [2.45, 2.75) is 38.1 Å². The molecule has 1 fully saturated rings. The van der Waals surface area contributed by atoms with E-state index in [1.165, 1.54) is 36.1 Å². The fourth-order valence-corrected chi connectivity index (χ4v) is 4.73. The summed E-state index contributed by atoms with van der Waals surface area (Å²) in [4.78, 5) is 25.2.